The van der Waals surface area contributed by atoms with Gasteiger partial charge in [-0.3, -0.25) is 0 Å². The molecule has 1 heterocycles. The van der Waals surface area contributed by atoms with Gasteiger partial charge >= 0.3 is 5.97 Å². The fourth-order valence-corrected chi connectivity index (χ4v) is 4.09. The molecule has 0 saturated carbocycles. The van der Waals surface area contributed by atoms with E-state index in [9.17, 15) is 4.79 Å². The van der Waals surface area contributed by atoms with E-state index >= 15 is 0 Å². The van der Waals surface area contributed by atoms with Crippen molar-refractivity contribution in [2.45, 2.75) is 123 Å². The first-order chi connectivity index (χ1) is 14.2. The molecule has 0 aromatic carbocycles. The van der Waals surface area contributed by atoms with Gasteiger partial charge in [0.05, 0.1) is 17.0 Å². The molecule has 1 aromatic heterocycles. The van der Waals surface area contributed by atoms with E-state index < -0.39 is 0 Å². The maximum absolute atomic E-state index is 11.1. The molecule has 29 heavy (non-hydrogen) atoms. The minimum atomic E-state index is -0.390. The van der Waals surface area contributed by atoms with E-state index in [1.807, 2.05) is 0 Å². The van der Waals surface area contributed by atoms with Crippen LogP contribution < -0.4 is 0 Å². The molecule has 0 spiro atoms. The highest BCUT2D eigenvalue weighted by Gasteiger charge is 2.25. The molecule has 1 aliphatic rings. The van der Waals surface area contributed by atoms with Gasteiger partial charge in [0.2, 0.25) is 0 Å². The number of aromatic nitrogens is 1. The Morgan fingerprint density at radius 3 is 2.10 bits per heavy atom. The van der Waals surface area contributed by atoms with Crippen molar-refractivity contribution in [2.75, 3.05) is 0 Å². The molecule has 0 N–H and O–H groups in total. The van der Waals surface area contributed by atoms with Gasteiger partial charge in [0.25, 0.3) is 0 Å². The Bertz CT molecular complexity index is 622. The average molecular weight is 405 g/mol. The molecule has 5 heteroatoms. The van der Waals surface area contributed by atoms with Gasteiger partial charge in [-0.25, -0.2) is 4.79 Å². The van der Waals surface area contributed by atoms with E-state index in [4.69, 9.17) is 9.36 Å². The first-order valence-corrected chi connectivity index (χ1v) is 11.9. The van der Waals surface area contributed by atoms with E-state index in [-0.39, 0.29) is 5.97 Å². The molecule has 0 atom stereocenters. The molecule has 0 bridgehead atoms. The number of hydrogen-bond acceptors (Lipinski definition) is 5. The van der Waals surface area contributed by atoms with Crippen molar-refractivity contribution in [3.8, 4) is 0 Å². The predicted molar refractivity (Wildman–Crippen MR) is 117 cm³/mol. The highest BCUT2D eigenvalue weighted by Crippen LogP contribution is 2.26. The predicted octanol–water partition coefficient (Wildman–Crippen LogP) is 6.91. The van der Waals surface area contributed by atoms with Crippen LogP contribution in [0.4, 0.5) is 0 Å². The maximum atomic E-state index is 11.1. The number of carbonyl (C=O) groups is 1. The summed E-state index contributed by atoms with van der Waals surface area (Å²) in [5, 5.41) is 8.31. The van der Waals surface area contributed by atoms with Gasteiger partial charge in [-0.05, 0) is 25.7 Å². The average Bonchev–Trinajstić information content (AvgIpc) is 3.13. The second-order valence-electron chi connectivity index (χ2n) is 8.39. The van der Waals surface area contributed by atoms with Crippen LogP contribution in [0.25, 0.3) is 0 Å². The molecule has 0 aliphatic heterocycles. The van der Waals surface area contributed by atoms with Gasteiger partial charge in [0.15, 0.2) is 0 Å². The Labute approximate surface area is 176 Å². The lowest BCUT2D eigenvalue weighted by Gasteiger charge is -2.12. The largest absolute Gasteiger partial charge is 0.360 e. The smallest absolute Gasteiger partial charge is 0.331 e. The van der Waals surface area contributed by atoms with Gasteiger partial charge in [0, 0.05) is 13.3 Å². The Morgan fingerprint density at radius 1 is 0.931 bits per heavy atom. The number of aryl methyl sites for hydroxylation is 2. The second-order valence-corrected chi connectivity index (χ2v) is 8.39. The lowest BCUT2D eigenvalue weighted by molar-refractivity contribution is -0.140. The van der Waals surface area contributed by atoms with Gasteiger partial charge in [-0.15, -0.1) is 0 Å². The van der Waals surface area contributed by atoms with E-state index in [0.29, 0.717) is 0 Å². The molecular formula is C24H40N2O3. The number of carbonyl (C=O) groups excluding carboxylic acids is 1. The Hall–Kier alpha value is -1.65. The minimum Gasteiger partial charge on any atom is -0.360 e. The van der Waals surface area contributed by atoms with Crippen molar-refractivity contribution in [2.24, 2.45) is 5.16 Å². The fraction of sp³-hybridized carbons (Fsp3) is 0.792. The summed E-state index contributed by atoms with van der Waals surface area (Å²) in [5.74, 6) is 0.506. The van der Waals surface area contributed by atoms with Gasteiger partial charge in [-0.2, -0.15) is 0 Å². The number of rotatable bonds is 15. The highest BCUT2D eigenvalue weighted by atomic mass is 16.7. The Balaban J connectivity index is 1.57. The monoisotopic (exact) mass is 404 g/mol. The van der Waals surface area contributed by atoms with Crippen LogP contribution >= 0.6 is 0 Å². The van der Waals surface area contributed by atoms with Crippen molar-refractivity contribution in [3.05, 3.63) is 17.0 Å². The Morgan fingerprint density at radius 2 is 1.52 bits per heavy atom. The van der Waals surface area contributed by atoms with E-state index in [2.05, 4.69) is 17.2 Å². The number of oxime groups is 1. The molecule has 0 fully saturated rings. The molecule has 164 valence electrons. The Kier molecular flexibility index (Phi) is 11.7. The zero-order valence-electron chi connectivity index (χ0n) is 18.6. The zero-order valence-corrected chi connectivity index (χ0v) is 18.6. The number of hydrogen-bond donors (Lipinski definition) is 0. The van der Waals surface area contributed by atoms with E-state index in [1.54, 1.807) is 0 Å². The molecular weight excluding hydrogens is 364 g/mol. The summed E-state index contributed by atoms with van der Waals surface area (Å²) in [6.07, 6.45) is 21.1. The maximum Gasteiger partial charge on any atom is 0.331 e. The summed E-state index contributed by atoms with van der Waals surface area (Å²) >= 11 is 0. The van der Waals surface area contributed by atoms with Crippen LogP contribution in [-0.4, -0.2) is 16.8 Å². The van der Waals surface area contributed by atoms with Gasteiger partial charge in [0.1, 0.15) is 5.76 Å². The molecule has 0 radical (unpaired) electrons. The van der Waals surface area contributed by atoms with Crippen molar-refractivity contribution >= 4 is 11.7 Å². The minimum absolute atomic E-state index is 0.390. The van der Waals surface area contributed by atoms with Crippen LogP contribution in [0, 0.1) is 0 Å². The summed E-state index contributed by atoms with van der Waals surface area (Å²) in [4.78, 5) is 15.9. The van der Waals surface area contributed by atoms with Crippen LogP contribution in [0.5, 0.6) is 0 Å². The zero-order chi connectivity index (χ0) is 20.7. The van der Waals surface area contributed by atoms with Crippen molar-refractivity contribution < 1.29 is 14.2 Å². The fourth-order valence-electron chi connectivity index (χ4n) is 4.09. The quantitative estimate of drug-likeness (QED) is 0.181. The number of nitrogens with zero attached hydrogens (tertiary/aromatic N) is 2. The first-order valence-electron chi connectivity index (χ1n) is 11.9. The molecule has 2 rings (SSSR count). The van der Waals surface area contributed by atoms with E-state index in [0.717, 1.165) is 54.8 Å². The molecule has 1 aromatic rings. The lowest BCUT2D eigenvalue weighted by atomic mass is 9.93. The summed E-state index contributed by atoms with van der Waals surface area (Å²) < 4.78 is 5.52. The summed E-state index contributed by atoms with van der Waals surface area (Å²) in [7, 11) is 0. The molecule has 0 unspecified atom stereocenters. The lowest BCUT2D eigenvalue weighted by Crippen LogP contribution is -2.13. The second kappa shape index (κ2) is 14.4. The van der Waals surface area contributed by atoms with Gasteiger partial charge < -0.3 is 9.36 Å². The third kappa shape index (κ3) is 9.14. The van der Waals surface area contributed by atoms with Crippen LogP contribution in [0.15, 0.2) is 9.68 Å². The third-order valence-electron chi connectivity index (χ3n) is 5.74. The van der Waals surface area contributed by atoms with Gasteiger partial charge in [-0.1, -0.05) is 94.3 Å². The normalized spacial score (nSPS) is 14.9. The van der Waals surface area contributed by atoms with Crippen molar-refractivity contribution in [3.63, 3.8) is 0 Å². The number of unbranched alkanes of at least 4 members (excludes halogenated alkanes) is 12. The van der Waals surface area contributed by atoms with Crippen LogP contribution in [0.1, 0.15) is 127 Å². The SMILES string of the molecule is CCCCCCCCCCCCCCCc1noc2c1C(=NOC(C)=O)CCC2. The number of fused-ring (bicyclic) bond motifs is 1. The molecule has 0 saturated heterocycles. The summed E-state index contributed by atoms with van der Waals surface area (Å²) in [6, 6.07) is 0. The molecule has 1 aliphatic carbocycles. The molecule has 0 amide bonds. The summed E-state index contributed by atoms with van der Waals surface area (Å²) in [6.45, 7) is 3.65. The van der Waals surface area contributed by atoms with Crippen molar-refractivity contribution in [1.82, 2.24) is 5.16 Å². The van der Waals surface area contributed by atoms with Crippen molar-refractivity contribution in [1.29, 1.82) is 0 Å². The van der Waals surface area contributed by atoms with Crippen LogP contribution in [-0.2, 0) is 22.5 Å². The standard InChI is InChI=1S/C24H40N2O3/c1-3-4-5-6-7-8-9-10-11-12-13-14-15-17-21-24-22(25-28-20(2)27)18-16-19-23(24)29-26-21/h3-19H2,1-2H3. The topological polar surface area (TPSA) is 64.7 Å². The van der Waals surface area contributed by atoms with E-state index in [1.165, 1.54) is 84.0 Å². The van der Waals surface area contributed by atoms with Crippen LogP contribution in [0.3, 0.4) is 0 Å². The van der Waals surface area contributed by atoms with Crippen LogP contribution in [0.2, 0.25) is 0 Å². The first kappa shape index (κ1) is 23.6. The third-order valence-corrected chi connectivity index (χ3v) is 5.74. The molecule has 5 nitrogen and oxygen atoms in total. The highest BCUT2D eigenvalue weighted by molar-refractivity contribution is 6.03. The summed E-state index contributed by atoms with van der Waals surface area (Å²) in [5.41, 5.74) is 2.79.